The number of benzene rings is 1. The summed E-state index contributed by atoms with van der Waals surface area (Å²) >= 11 is 5.79. The number of hydrogen-bond acceptors (Lipinski definition) is 2. The van der Waals surface area contributed by atoms with Gasteiger partial charge in [0.25, 0.3) is 0 Å². The van der Waals surface area contributed by atoms with Crippen LogP contribution in [0.5, 0.6) is 5.75 Å². The Morgan fingerprint density at radius 3 is 2.75 bits per heavy atom. The number of ether oxygens (including phenoxy) is 1. The van der Waals surface area contributed by atoms with Crippen molar-refractivity contribution in [3.8, 4) is 5.75 Å². The summed E-state index contributed by atoms with van der Waals surface area (Å²) in [7, 11) is 1.41. The third kappa shape index (κ3) is 2.85. The van der Waals surface area contributed by atoms with Crippen molar-refractivity contribution in [2.45, 2.75) is 13.3 Å². The van der Waals surface area contributed by atoms with Crippen molar-refractivity contribution in [2.24, 2.45) is 5.92 Å². The summed E-state index contributed by atoms with van der Waals surface area (Å²) in [6.45, 7) is 1.54. The maximum Gasteiger partial charge on any atom is 0.306 e. The van der Waals surface area contributed by atoms with E-state index >= 15 is 0 Å². The molecule has 1 rings (SSSR count). The lowest BCUT2D eigenvalue weighted by atomic mass is 10.0. The van der Waals surface area contributed by atoms with Crippen molar-refractivity contribution in [3.63, 3.8) is 0 Å². The predicted molar refractivity (Wildman–Crippen MR) is 58.5 cm³/mol. The molecule has 5 heteroatoms. The molecule has 0 saturated heterocycles. The molecule has 0 amide bonds. The van der Waals surface area contributed by atoms with Crippen LogP contribution in [0.1, 0.15) is 12.5 Å². The van der Waals surface area contributed by atoms with Crippen LogP contribution in [0.2, 0.25) is 5.02 Å². The first-order chi connectivity index (χ1) is 7.45. The first-order valence-electron chi connectivity index (χ1n) is 4.70. The Morgan fingerprint density at radius 1 is 1.62 bits per heavy atom. The van der Waals surface area contributed by atoms with Gasteiger partial charge >= 0.3 is 5.97 Å². The summed E-state index contributed by atoms with van der Waals surface area (Å²) in [5.41, 5.74) is 0.461. The quantitative estimate of drug-likeness (QED) is 0.889. The number of methoxy groups -OCH3 is 1. The number of carbonyl (C=O) groups is 1. The number of carboxylic acids is 1. The summed E-state index contributed by atoms with van der Waals surface area (Å²) in [6.07, 6.45) is 0.177. The molecule has 0 aliphatic carbocycles. The molecule has 0 aromatic heterocycles. The largest absolute Gasteiger partial charge is 0.495 e. The van der Waals surface area contributed by atoms with Gasteiger partial charge in [0.05, 0.1) is 18.1 Å². The molecule has 0 fully saturated rings. The Hall–Kier alpha value is -1.29. The average Bonchev–Trinajstić information content (AvgIpc) is 2.16. The second-order valence-corrected chi connectivity index (χ2v) is 3.93. The Bertz CT molecular complexity index is 406. The average molecular weight is 247 g/mol. The van der Waals surface area contributed by atoms with Crippen molar-refractivity contribution in [2.75, 3.05) is 7.11 Å². The maximum absolute atomic E-state index is 13.1. The van der Waals surface area contributed by atoms with Crippen LogP contribution in [0, 0.1) is 11.7 Å². The fourth-order valence-corrected chi connectivity index (χ4v) is 1.71. The lowest BCUT2D eigenvalue weighted by Gasteiger charge is -2.12. The van der Waals surface area contributed by atoms with E-state index in [4.69, 9.17) is 21.4 Å². The predicted octanol–water partition coefficient (Wildman–Crippen LogP) is 2.75. The Labute approximate surface area is 97.8 Å². The zero-order valence-corrected chi connectivity index (χ0v) is 9.71. The molecule has 0 spiro atoms. The SMILES string of the molecule is COc1c(Cl)cc(F)cc1CC(C)C(=O)O. The molecule has 1 N–H and O–H groups in total. The summed E-state index contributed by atoms with van der Waals surface area (Å²) in [4.78, 5) is 10.7. The van der Waals surface area contributed by atoms with E-state index in [1.165, 1.54) is 13.2 Å². The van der Waals surface area contributed by atoms with Gasteiger partial charge in [-0.25, -0.2) is 4.39 Å². The molecule has 0 aliphatic rings. The minimum atomic E-state index is -0.942. The van der Waals surface area contributed by atoms with Gasteiger partial charge in [-0.3, -0.25) is 4.79 Å². The number of aliphatic carboxylic acids is 1. The third-order valence-corrected chi connectivity index (χ3v) is 2.52. The van der Waals surface area contributed by atoms with Crippen molar-refractivity contribution < 1.29 is 19.0 Å². The van der Waals surface area contributed by atoms with Crippen molar-refractivity contribution >= 4 is 17.6 Å². The van der Waals surface area contributed by atoms with E-state index in [0.717, 1.165) is 6.07 Å². The second kappa shape index (κ2) is 5.16. The van der Waals surface area contributed by atoms with E-state index < -0.39 is 17.7 Å². The van der Waals surface area contributed by atoms with E-state index in [0.29, 0.717) is 11.3 Å². The van der Waals surface area contributed by atoms with Crippen LogP contribution in [0.4, 0.5) is 4.39 Å². The van der Waals surface area contributed by atoms with E-state index in [1.807, 2.05) is 0 Å². The summed E-state index contributed by atoms with van der Waals surface area (Å²) in [5, 5.41) is 8.93. The summed E-state index contributed by atoms with van der Waals surface area (Å²) in [5.74, 6) is -1.73. The number of rotatable bonds is 4. The van der Waals surface area contributed by atoms with Gasteiger partial charge in [-0.05, 0) is 24.1 Å². The molecule has 0 radical (unpaired) electrons. The van der Waals surface area contributed by atoms with Gasteiger partial charge in [0.1, 0.15) is 11.6 Å². The zero-order chi connectivity index (χ0) is 12.3. The second-order valence-electron chi connectivity index (χ2n) is 3.52. The first kappa shape index (κ1) is 12.8. The summed E-state index contributed by atoms with van der Waals surface area (Å²) in [6, 6.07) is 2.37. The lowest BCUT2D eigenvalue weighted by Crippen LogP contribution is -2.13. The van der Waals surface area contributed by atoms with E-state index in [-0.39, 0.29) is 11.4 Å². The van der Waals surface area contributed by atoms with Gasteiger partial charge in [0.15, 0.2) is 0 Å². The topological polar surface area (TPSA) is 46.5 Å². The van der Waals surface area contributed by atoms with Crippen LogP contribution in [0.15, 0.2) is 12.1 Å². The van der Waals surface area contributed by atoms with E-state index in [2.05, 4.69) is 0 Å². The van der Waals surface area contributed by atoms with Crippen molar-refractivity contribution in [1.29, 1.82) is 0 Å². The van der Waals surface area contributed by atoms with Crippen LogP contribution in [0.3, 0.4) is 0 Å². The molecular formula is C11H12ClFO3. The minimum Gasteiger partial charge on any atom is -0.495 e. The standard InChI is InChI=1S/C11H12ClFO3/c1-6(11(14)15)3-7-4-8(13)5-9(12)10(7)16-2/h4-6H,3H2,1-2H3,(H,14,15). The highest BCUT2D eigenvalue weighted by Crippen LogP contribution is 2.31. The van der Waals surface area contributed by atoms with Gasteiger partial charge in [-0.2, -0.15) is 0 Å². The fraction of sp³-hybridized carbons (Fsp3) is 0.364. The molecule has 1 unspecified atom stereocenters. The fourth-order valence-electron chi connectivity index (χ4n) is 1.41. The van der Waals surface area contributed by atoms with Crippen LogP contribution >= 0.6 is 11.6 Å². The normalized spacial score (nSPS) is 12.2. The molecule has 3 nitrogen and oxygen atoms in total. The van der Waals surface area contributed by atoms with Crippen molar-refractivity contribution in [3.05, 3.63) is 28.5 Å². The van der Waals surface area contributed by atoms with Gasteiger partial charge in [0.2, 0.25) is 0 Å². The zero-order valence-electron chi connectivity index (χ0n) is 8.96. The minimum absolute atomic E-state index is 0.148. The van der Waals surface area contributed by atoms with Gasteiger partial charge in [-0.15, -0.1) is 0 Å². The van der Waals surface area contributed by atoms with Crippen LogP contribution in [-0.4, -0.2) is 18.2 Å². The first-order valence-corrected chi connectivity index (χ1v) is 5.08. The molecule has 1 atom stereocenters. The highest BCUT2D eigenvalue weighted by molar-refractivity contribution is 6.32. The highest BCUT2D eigenvalue weighted by Gasteiger charge is 2.17. The molecule has 0 bridgehead atoms. The summed E-state index contributed by atoms with van der Waals surface area (Å²) < 4.78 is 18.1. The number of carboxylic acid groups (broad SMARTS) is 1. The lowest BCUT2D eigenvalue weighted by molar-refractivity contribution is -0.141. The van der Waals surface area contributed by atoms with Crippen LogP contribution in [0.25, 0.3) is 0 Å². The van der Waals surface area contributed by atoms with Crippen LogP contribution < -0.4 is 4.74 Å². The van der Waals surface area contributed by atoms with Gasteiger partial charge < -0.3 is 9.84 Å². The maximum atomic E-state index is 13.1. The molecule has 0 aliphatic heterocycles. The van der Waals surface area contributed by atoms with Gasteiger partial charge in [0, 0.05) is 0 Å². The molecule has 0 heterocycles. The number of hydrogen-bond donors (Lipinski definition) is 1. The number of halogens is 2. The third-order valence-electron chi connectivity index (χ3n) is 2.24. The highest BCUT2D eigenvalue weighted by atomic mass is 35.5. The molecule has 1 aromatic rings. The Balaban J connectivity index is 3.07. The van der Waals surface area contributed by atoms with Gasteiger partial charge in [-0.1, -0.05) is 18.5 Å². The van der Waals surface area contributed by atoms with Crippen molar-refractivity contribution in [1.82, 2.24) is 0 Å². The molecular weight excluding hydrogens is 235 g/mol. The monoisotopic (exact) mass is 246 g/mol. The molecule has 16 heavy (non-hydrogen) atoms. The van der Waals surface area contributed by atoms with E-state index in [9.17, 15) is 9.18 Å². The Morgan fingerprint density at radius 2 is 2.25 bits per heavy atom. The Kier molecular flexibility index (Phi) is 4.12. The molecule has 0 saturated carbocycles. The van der Waals surface area contributed by atoms with Crippen LogP contribution in [-0.2, 0) is 11.2 Å². The van der Waals surface area contributed by atoms with E-state index in [1.54, 1.807) is 6.92 Å². The smallest absolute Gasteiger partial charge is 0.306 e. The molecule has 88 valence electrons. The molecule has 1 aromatic carbocycles.